The van der Waals surface area contributed by atoms with Gasteiger partial charge in [-0.2, -0.15) is 0 Å². The van der Waals surface area contributed by atoms with E-state index in [0.717, 1.165) is 11.3 Å². The number of benzene rings is 2. The maximum Gasteiger partial charge on any atom is 0.292 e. The number of ketones is 1. The Labute approximate surface area is 143 Å². The molecule has 1 heterocycles. The van der Waals surface area contributed by atoms with Crippen molar-refractivity contribution in [1.82, 2.24) is 10.3 Å². The summed E-state index contributed by atoms with van der Waals surface area (Å²) in [6, 6.07) is 11.5. The van der Waals surface area contributed by atoms with Crippen LogP contribution in [0.3, 0.4) is 0 Å². The molecule has 25 heavy (non-hydrogen) atoms. The molecule has 1 aromatic heterocycles. The van der Waals surface area contributed by atoms with Crippen LogP contribution in [0.2, 0.25) is 0 Å². The van der Waals surface area contributed by atoms with Gasteiger partial charge < -0.3 is 15.0 Å². The molecule has 0 aliphatic rings. The molecule has 0 atom stereocenters. The Balaban J connectivity index is 1.66. The highest BCUT2D eigenvalue weighted by Gasteiger charge is 2.20. The zero-order valence-electron chi connectivity index (χ0n) is 13.6. The molecule has 0 fully saturated rings. The van der Waals surface area contributed by atoms with Crippen molar-refractivity contribution in [3.8, 4) is 5.75 Å². The van der Waals surface area contributed by atoms with Crippen LogP contribution in [-0.2, 0) is 11.2 Å². The van der Waals surface area contributed by atoms with Crippen LogP contribution in [0.25, 0.3) is 10.9 Å². The monoisotopic (exact) mass is 340 g/mol. The van der Waals surface area contributed by atoms with Crippen molar-refractivity contribution in [2.75, 3.05) is 13.7 Å². The molecular weight excluding hydrogens is 323 g/mol. The number of nitrogens with one attached hydrogen (secondary N) is 2. The topological polar surface area (TPSA) is 71.2 Å². The van der Waals surface area contributed by atoms with Gasteiger partial charge in [-0.25, -0.2) is 4.39 Å². The highest BCUT2D eigenvalue weighted by molar-refractivity contribution is 6.44. The van der Waals surface area contributed by atoms with Crippen molar-refractivity contribution >= 4 is 22.6 Å². The Morgan fingerprint density at radius 1 is 1.20 bits per heavy atom. The lowest BCUT2D eigenvalue weighted by atomic mass is 10.1. The average molecular weight is 340 g/mol. The van der Waals surface area contributed by atoms with Crippen molar-refractivity contribution < 1.29 is 18.7 Å². The number of hydrogen-bond donors (Lipinski definition) is 2. The molecule has 0 unspecified atom stereocenters. The lowest BCUT2D eigenvalue weighted by molar-refractivity contribution is -0.116. The van der Waals surface area contributed by atoms with Gasteiger partial charge in [-0.15, -0.1) is 0 Å². The van der Waals surface area contributed by atoms with Gasteiger partial charge in [0.2, 0.25) is 0 Å². The van der Waals surface area contributed by atoms with E-state index in [9.17, 15) is 14.0 Å². The average Bonchev–Trinajstić information content (AvgIpc) is 3.04. The minimum atomic E-state index is -0.722. The van der Waals surface area contributed by atoms with Gasteiger partial charge in [-0.3, -0.25) is 9.59 Å². The number of para-hydroxylation sites is 1. The molecule has 0 spiro atoms. The summed E-state index contributed by atoms with van der Waals surface area (Å²) in [6.07, 6.45) is 1.96. The van der Waals surface area contributed by atoms with Crippen molar-refractivity contribution in [3.63, 3.8) is 0 Å². The number of halogens is 1. The number of hydrogen-bond acceptors (Lipinski definition) is 3. The van der Waals surface area contributed by atoms with Gasteiger partial charge in [0.25, 0.3) is 11.7 Å². The number of ether oxygens (including phenoxy) is 1. The minimum Gasteiger partial charge on any atom is -0.496 e. The smallest absolute Gasteiger partial charge is 0.292 e. The zero-order valence-corrected chi connectivity index (χ0v) is 13.6. The first-order valence-corrected chi connectivity index (χ1v) is 7.81. The summed E-state index contributed by atoms with van der Waals surface area (Å²) in [4.78, 5) is 27.3. The summed E-state index contributed by atoms with van der Waals surface area (Å²) in [6.45, 7) is 0.293. The molecular formula is C19H17FN2O3. The summed E-state index contributed by atoms with van der Waals surface area (Å²) in [5.74, 6) is -1.15. The second kappa shape index (κ2) is 7.17. The molecule has 3 aromatic rings. The van der Waals surface area contributed by atoms with E-state index >= 15 is 0 Å². The van der Waals surface area contributed by atoms with Gasteiger partial charge in [0, 0.05) is 23.6 Å². The molecule has 5 nitrogen and oxygen atoms in total. The summed E-state index contributed by atoms with van der Waals surface area (Å²) >= 11 is 0. The molecule has 2 N–H and O–H groups in total. The predicted molar refractivity (Wildman–Crippen MR) is 92.3 cm³/mol. The number of fused-ring (bicyclic) bond motifs is 1. The molecule has 0 radical (unpaired) electrons. The molecule has 0 saturated heterocycles. The second-order valence-electron chi connectivity index (χ2n) is 5.54. The lowest BCUT2D eigenvalue weighted by Gasteiger charge is -2.08. The first-order chi connectivity index (χ1) is 12.1. The van der Waals surface area contributed by atoms with E-state index in [1.54, 1.807) is 7.11 Å². The Morgan fingerprint density at radius 2 is 2.00 bits per heavy atom. The highest BCUT2D eigenvalue weighted by Crippen LogP contribution is 2.20. The van der Waals surface area contributed by atoms with Crippen LogP contribution in [0.5, 0.6) is 5.75 Å². The predicted octanol–water partition coefficient (Wildman–Crippen LogP) is 2.86. The number of aromatic nitrogens is 1. The number of methoxy groups -OCH3 is 1. The highest BCUT2D eigenvalue weighted by atomic mass is 19.1. The molecule has 3 rings (SSSR count). The number of Topliss-reactive ketones (excluding diaryl/α,β-unsaturated/α-hetero) is 1. The number of carbonyl (C=O) groups is 2. The van der Waals surface area contributed by atoms with Crippen LogP contribution < -0.4 is 10.1 Å². The number of carbonyl (C=O) groups excluding carboxylic acids is 2. The Morgan fingerprint density at radius 3 is 2.80 bits per heavy atom. The van der Waals surface area contributed by atoms with Crippen molar-refractivity contribution in [1.29, 1.82) is 0 Å². The van der Waals surface area contributed by atoms with Gasteiger partial charge >= 0.3 is 0 Å². The van der Waals surface area contributed by atoms with E-state index in [0.29, 0.717) is 23.9 Å². The first kappa shape index (κ1) is 16.7. The zero-order chi connectivity index (χ0) is 17.8. The van der Waals surface area contributed by atoms with Gasteiger partial charge in [0.05, 0.1) is 12.7 Å². The van der Waals surface area contributed by atoms with Crippen molar-refractivity contribution in [2.24, 2.45) is 0 Å². The van der Waals surface area contributed by atoms with Crippen LogP contribution in [0, 0.1) is 5.82 Å². The second-order valence-corrected chi connectivity index (χ2v) is 5.54. The van der Waals surface area contributed by atoms with E-state index < -0.39 is 17.5 Å². The van der Waals surface area contributed by atoms with Crippen LogP contribution in [-0.4, -0.2) is 30.3 Å². The summed E-state index contributed by atoms with van der Waals surface area (Å²) in [5, 5.41) is 2.99. The molecule has 0 saturated carbocycles. The molecule has 6 heteroatoms. The summed E-state index contributed by atoms with van der Waals surface area (Å²) in [5.41, 5.74) is 1.70. The number of aromatic amines is 1. The quantitative estimate of drug-likeness (QED) is 0.535. The van der Waals surface area contributed by atoms with Crippen molar-refractivity contribution in [2.45, 2.75) is 6.42 Å². The molecule has 0 aliphatic heterocycles. The largest absolute Gasteiger partial charge is 0.496 e. The minimum absolute atomic E-state index is 0.157. The van der Waals surface area contributed by atoms with E-state index in [1.807, 2.05) is 24.3 Å². The maximum absolute atomic E-state index is 13.4. The Kier molecular flexibility index (Phi) is 4.79. The molecule has 0 aliphatic carbocycles. The van der Waals surface area contributed by atoms with E-state index in [2.05, 4.69) is 10.3 Å². The number of rotatable bonds is 6. The third kappa shape index (κ3) is 3.52. The third-order valence-electron chi connectivity index (χ3n) is 3.97. The van der Waals surface area contributed by atoms with Gasteiger partial charge in [-0.05, 0) is 36.2 Å². The van der Waals surface area contributed by atoms with E-state index in [4.69, 9.17) is 4.74 Å². The number of H-pyrrole nitrogens is 1. The van der Waals surface area contributed by atoms with Crippen LogP contribution in [0.4, 0.5) is 4.39 Å². The Bertz CT molecular complexity index is 933. The van der Waals surface area contributed by atoms with Crippen LogP contribution in [0.1, 0.15) is 15.9 Å². The normalized spacial score (nSPS) is 10.6. The van der Waals surface area contributed by atoms with Crippen molar-refractivity contribution in [3.05, 3.63) is 65.6 Å². The molecule has 1 amide bonds. The fourth-order valence-electron chi connectivity index (χ4n) is 2.70. The fourth-order valence-corrected chi connectivity index (χ4v) is 2.70. The Hall–Kier alpha value is -3.15. The maximum atomic E-state index is 13.4. The SMILES string of the molecule is COc1ccccc1CCNC(=O)C(=O)c1c[nH]c2ccc(F)cc12. The standard InChI is InChI=1S/C19H17FN2O3/c1-25-17-5-3-2-4-12(17)8-9-21-19(24)18(23)15-11-22-16-7-6-13(20)10-14(15)16/h2-7,10-11,22H,8-9H2,1H3,(H,21,24). The van der Waals surface area contributed by atoms with E-state index in [1.165, 1.54) is 24.4 Å². The lowest BCUT2D eigenvalue weighted by Crippen LogP contribution is -2.32. The summed E-state index contributed by atoms with van der Waals surface area (Å²) < 4.78 is 18.6. The number of amides is 1. The van der Waals surface area contributed by atoms with Gasteiger partial charge in [0.1, 0.15) is 11.6 Å². The molecule has 128 valence electrons. The fraction of sp³-hybridized carbons (Fsp3) is 0.158. The first-order valence-electron chi connectivity index (χ1n) is 7.81. The van der Waals surface area contributed by atoms with Crippen LogP contribution >= 0.6 is 0 Å². The summed E-state index contributed by atoms with van der Waals surface area (Å²) in [7, 11) is 1.58. The van der Waals surface area contributed by atoms with Gasteiger partial charge in [-0.1, -0.05) is 18.2 Å². The van der Waals surface area contributed by atoms with E-state index in [-0.39, 0.29) is 5.56 Å². The van der Waals surface area contributed by atoms with Crippen LogP contribution in [0.15, 0.2) is 48.7 Å². The third-order valence-corrected chi connectivity index (χ3v) is 3.97. The molecule has 0 bridgehead atoms. The van der Waals surface area contributed by atoms with Gasteiger partial charge in [0.15, 0.2) is 0 Å². The molecule has 2 aromatic carbocycles.